The van der Waals surface area contributed by atoms with Crippen LogP contribution in [0, 0.1) is 13.8 Å². The van der Waals surface area contributed by atoms with Crippen LogP contribution in [0.2, 0.25) is 0 Å². The molecule has 1 atom stereocenters. The lowest BCUT2D eigenvalue weighted by molar-refractivity contribution is -0.122. The molecule has 1 unspecified atom stereocenters. The molecular formula is C19H20N4O2. The molecule has 0 aliphatic rings. The highest BCUT2D eigenvalue weighted by atomic mass is 16.2. The molecule has 1 amide bonds. The molecule has 1 N–H and O–H groups in total. The number of hydrogen-bond acceptors (Lipinski definition) is 4. The summed E-state index contributed by atoms with van der Waals surface area (Å²) in [5.41, 5.74) is 3.61. The minimum absolute atomic E-state index is 0.157. The number of rotatable bonds is 4. The summed E-state index contributed by atoms with van der Waals surface area (Å²) in [6.07, 6.45) is 0. The van der Waals surface area contributed by atoms with Crippen LogP contribution in [0.5, 0.6) is 0 Å². The fraction of sp³-hybridized carbons (Fsp3) is 0.263. The van der Waals surface area contributed by atoms with Gasteiger partial charge in [-0.15, -0.1) is 5.10 Å². The zero-order chi connectivity index (χ0) is 18.0. The fourth-order valence-electron chi connectivity index (χ4n) is 2.67. The van der Waals surface area contributed by atoms with E-state index in [1.165, 1.54) is 11.1 Å². The van der Waals surface area contributed by atoms with Crippen LogP contribution in [0.25, 0.3) is 10.9 Å². The molecule has 0 aliphatic carbocycles. The van der Waals surface area contributed by atoms with Crippen molar-refractivity contribution in [2.24, 2.45) is 0 Å². The molecule has 2 aromatic carbocycles. The van der Waals surface area contributed by atoms with E-state index in [1.807, 2.05) is 32.9 Å². The smallest absolute Gasteiger partial charge is 0.278 e. The first-order valence-corrected chi connectivity index (χ1v) is 8.15. The first kappa shape index (κ1) is 16.8. The van der Waals surface area contributed by atoms with E-state index < -0.39 is 0 Å². The summed E-state index contributed by atoms with van der Waals surface area (Å²) in [5, 5.41) is 11.2. The Morgan fingerprint density at radius 3 is 2.68 bits per heavy atom. The Bertz CT molecular complexity index is 994. The summed E-state index contributed by atoms with van der Waals surface area (Å²) in [6.45, 7) is 5.84. The topological polar surface area (TPSA) is 76.9 Å². The number of carbonyl (C=O) groups is 1. The summed E-state index contributed by atoms with van der Waals surface area (Å²) in [7, 11) is 0. The van der Waals surface area contributed by atoms with Crippen LogP contribution in [0.3, 0.4) is 0 Å². The maximum absolute atomic E-state index is 12.4. The summed E-state index contributed by atoms with van der Waals surface area (Å²) >= 11 is 0. The SMILES string of the molecule is Cc1ccc(C(C)NC(=O)Cn2nnc3ccccc3c2=O)cc1C. The molecule has 0 saturated carbocycles. The van der Waals surface area contributed by atoms with Gasteiger partial charge in [-0.25, -0.2) is 4.68 Å². The monoisotopic (exact) mass is 336 g/mol. The highest BCUT2D eigenvalue weighted by molar-refractivity contribution is 5.78. The van der Waals surface area contributed by atoms with Crippen LogP contribution in [0.4, 0.5) is 0 Å². The van der Waals surface area contributed by atoms with E-state index in [9.17, 15) is 9.59 Å². The highest BCUT2D eigenvalue weighted by Crippen LogP contribution is 2.16. The predicted octanol–water partition coefficient (Wildman–Crippen LogP) is 2.29. The number of fused-ring (bicyclic) bond motifs is 1. The standard InChI is InChI=1S/C19H20N4O2/c1-12-8-9-15(10-13(12)2)14(3)20-18(24)11-23-19(25)16-6-4-5-7-17(16)21-22-23/h4-10,14H,11H2,1-3H3,(H,20,24). The third-order valence-electron chi connectivity index (χ3n) is 4.33. The lowest BCUT2D eigenvalue weighted by Crippen LogP contribution is -2.35. The van der Waals surface area contributed by atoms with Crippen molar-refractivity contribution in [1.82, 2.24) is 20.3 Å². The minimum atomic E-state index is -0.320. The van der Waals surface area contributed by atoms with Crippen molar-refractivity contribution in [3.63, 3.8) is 0 Å². The van der Waals surface area contributed by atoms with Gasteiger partial charge in [0.25, 0.3) is 5.56 Å². The maximum atomic E-state index is 12.4. The fourth-order valence-corrected chi connectivity index (χ4v) is 2.67. The third-order valence-corrected chi connectivity index (χ3v) is 4.33. The summed E-state index contributed by atoms with van der Waals surface area (Å²) in [4.78, 5) is 24.7. The van der Waals surface area contributed by atoms with Gasteiger partial charge < -0.3 is 5.32 Å². The van der Waals surface area contributed by atoms with Crippen LogP contribution in [0.15, 0.2) is 47.3 Å². The van der Waals surface area contributed by atoms with E-state index in [0.29, 0.717) is 10.9 Å². The predicted molar refractivity (Wildman–Crippen MR) is 96.3 cm³/mol. The van der Waals surface area contributed by atoms with Gasteiger partial charge in [0.2, 0.25) is 5.91 Å². The second-order valence-corrected chi connectivity index (χ2v) is 6.20. The largest absolute Gasteiger partial charge is 0.348 e. The minimum Gasteiger partial charge on any atom is -0.348 e. The van der Waals surface area contributed by atoms with Gasteiger partial charge in [0.05, 0.1) is 11.4 Å². The summed E-state index contributed by atoms with van der Waals surface area (Å²) in [6, 6.07) is 12.9. The Morgan fingerprint density at radius 1 is 1.16 bits per heavy atom. The van der Waals surface area contributed by atoms with Gasteiger partial charge in [0.1, 0.15) is 12.1 Å². The Morgan fingerprint density at radius 2 is 1.92 bits per heavy atom. The lowest BCUT2D eigenvalue weighted by Gasteiger charge is -2.16. The van der Waals surface area contributed by atoms with Gasteiger partial charge in [-0.2, -0.15) is 0 Å². The molecule has 3 rings (SSSR count). The Kier molecular flexibility index (Phi) is 4.61. The van der Waals surface area contributed by atoms with Crippen LogP contribution in [0.1, 0.15) is 29.7 Å². The van der Waals surface area contributed by atoms with E-state index in [2.05, 4.69) is 21.7 Å². The van der Waals surface area contributed by atoms with E-state index in [0.717, 1.165) is 10.2 Å². The molecular weight excluding hydrogens is 316 g/mol. The van der Waals surface area contributed by atoms with E-state index in [1.54, 1.807) is 24.3 Å². The Balaban J connectivity index is 1.75. The van der Waals surface area contributed by atoms with Crippen molar-refractivity contribution in [2.45, 2.75) is 33.4 Å². The van der Waals surface area contributed by atoms with E-state index in [4.69, 9.17) is 0 Å². The van der Waals surface area contributed by atoms with Crippen molar-refractivity contribution in [1.29, 1.82) is 0 Å². The molecule has 25 heavy (non-hydrogen) atoms. The molecule has 0 saturated heterocycles. The average Bonchev–Trinajstić information content (AvgIpc) is 2.60. The first-order valence-electron chi connectivity index (χ1n) is 8.15. The van der Waals surface area contributed by atoms with Gasteiger partial charge >= 0.3 is 0 Å². The molecule has 1 heterocycles. The Labute approximate surface area is 145 Å². The molecule has 6 heteroatoms. The number of amides is 1. The third kappa shape index (κ3) is 3.57. The van der Waals surface area contributed by atoms with E-state index in [-0.39, 0.29) is 24.1 Å². The van der Waals surface area contributed by atoms with Crippen LogP contribution in [-0.2, 0) is 11.3 Å². The molecule has 3 aromatic rings. The zero-order valence-electron chi connectivity index (χ0n) is 14.5. The maximum Gasteiger partial charge on any atom is 0.278 e. The number of aromatic nitrogens is 3. The van der Waals surface area contributed by atoms with Gasteiger partial charge in [0.15, 0.2) is 0 Å². The van der Waals surface area contributed by atoms with Crippen molar-refractivity contribution in [3.05, 3.63) is 69.5 Å². The average molecular weight is 336 g/mol. The molecule has 128 valence electrons. The molecule has 6 nitrogen and oxygen atoms in total. The molecule has 1 aromatic heterocycles. The van der Waals surface area contributed by atoms with Crippen molar-refractivity contribution >= 4 is 16.8 Å². The molecule has 0 radical (unpaired) electrons. The molecule has 0 aliphatic heterocycles. The second-order valence-electron chi connectivity index (χ2n) is 6.20. The van der Waals surface area contributed by atoms with E-state index >= 15 is 0 Å². The van der Waals surface area contributed by atoms with Crippen LogP contribution < -0.4 is 10.9 Å². The number of nitrogens with zero attached hydrogens (tertiary/aromatic N) is 3. The van der Waals surface area contributed by atoms with Gasteiger partial charge in [-0.05, 0) is 49.6 Å². The molecule has 0 fully saturated rings. The lowest BCUT2D eigenvalue weighted by atomic mass is 10.0. The van der Waals surface area contributed by atoms with Crippen molar-refractivity contribution in [2.75, 3.05) is 0 Å². The van der Waals surface area contributed by atoms with Crippen LogP contribution >= 0.6 is 0 Å². The van der Waals surface area contributed by atoms with Gasteiger partial charge in [0, 0.05) is 0 Å². The number of benzene rings is 2. The molecule has 0 bridgehead atoms. The Hall–Kier alpha value is -3.02. The van der Waals surface area contributed by atoms with Crippen molar-refractivity contribution in [3.8, 4) is 0 Å². The first-order chi connectivity index (χ1) is 12.0. The molecule has 0 spiro atoms. The normalized spacial score (nSPS) is 12.1. The van der Waals surface area contributed by atoms with Gasteiger partial charge in [-0.1, -0.05) is 35.5 Å². The summed E-state index contributed by atoms with van der Waals surface area (Å²) < 4.78 is 1.09. The highest BCUT2D eigenvalue weighted by Gasteiger charge is 2.13. The van der Waals surface area contributed by atoms with Crippen molar-refractivity contribution < 1.29 is 4.79 Å². The zero-order valence-corrected chi connectivity index (χ0v) is 14.5. The van der Waals surface area contributed by atoms with Crippen LogP contribution in [-0.4, -0.2) is 20.9 Å². The number of nitrogens with one attached hydrogen (secondary N) is 1. The summed E-state index contributed by atoms with van der Waals surface area (Å²) in [5.74, 6) is -0.280. The number of carbonyl (C=O) groups excluding carboxylic acids is 1. The quantitative estimate of drug-likeness (QED) is 0.793. The van der Waals surface area contributed by atoms with Gasteiger partial charge in [-0.3, -0.25) is 9.59 Å². The number of hydrogen-bond donors (Lipinski definition) is 1. The second kappa shape index (κ2) is 6.84. The number of aryl methyl sites for hydroxylation is 2.